The van der Waals surface area contributed by atoms with Gasteiger partial charge < -0.3 is 10.3 Å². The van der Waals surface area contributed by atoms with E-state index >= 15 is 0 Å². The Hall–Kier alpha value is -0.870. The number of hydrogen-bond donors (Lipinski definition) is 1. The normalized spacial score (nSPS) is 20.8. The summed E-state index contributed by atoms with van der Waals surface area (Å²) in [6, 6.07) is 0.659. The van der Waals surface area contributed by atoms with Crippen LogP contribution in [0.2, 0.25) is 0 Å². The van der Waals surface area contributed by atoms with Crippen LogP contribution in [0.5, 0.6) is 0 Å². The van der Waals surface area contributed by atoms with Crippen LogP contribution in [0, 0.1) is 0 Å². The number of likely N-dealkylation sites (tertiary alicyclic amines) is 1. The Morgan fingerprint density at radius 1 is 1.64 bits per heavy atom. The fourth-order valence-corrected chi connectivity index (χ4v) is 1.95. The molecule has 1 aliphatic heterocycles. The van der Waals surface area contributed by atoms with E-state index in [1.165, 1.54) is 0 Å². The van der Waals surface area contributed by atoms with Gasteiger partial charge in [-0.15, -0.1) is 0 Å². The van der Waals surface area contributed by atoms with Crippen molar-refractivity contribution < 1.29 is 0 Å². The van der Waals surface area contributed by atoms with E-state index in [-0.39, 0.29) is 6.04 Å². The van der Waals surface area contributed by atoms with Gasteiger partial charge in [0.1, 0.15) is 0 Å². The third kappa shape index (κ3) is 1.55. The van der Waals surface area contributed by atoms with E-state index in [1.807, 2.05) is 19.4 Å². The molecule has 0 aliphatic carbocycles. The maximum absolute atomic E-state index is 5.87. The van der Waals surface area contributed by atoms with E-state index in [2.05, 4.69) is 21.4 Å². The van der Waals surface area contributed by atoms with Crippen LogP contribution in [0.4, 0.5) is 0 Å². The van der Waals surface area contributed by atoms with E-state index in [0.717, 1.165) is 25.3 Å². The zero-order valence-electron chi connectivity index (χ0n) is 8.85. The molecule has 1 saturated heterocycles. The minimum atomic E-state index is 0.0770. The van der Waals surface area contributed by atoms with Crippen molar-refractivity contribution in [2.75, 3.05) is 19.6 Å². The molecule has 0 bridgehead atoms. The lowest BCUT2D eigenvalue weighted by Gasteiger charge is -2.40. The second kappa shape index (κ2) is 3.71. The third-order valence-corrected chi connectivity index (χ3v) is 2.94. The summed E-state index contributed by atoms with van der Waals surface area (Å²) in [6.45, 7) is 7.60. The van der Waals surface area contributed by atoms with Gasteiger partial charge in [-0.3, -0.25) is 4.90 Å². The van der Waals surface area contributed by atoms with Crippen LogP contribution in [-0.4, -0.2) is 34.1 Å². The number of nitrogens with zero attached hydrogens (tertiary/aromatic N) is 3. The number of hydrogen-bond acceptors (Lipinski definition) is 3. The summed E-state index contributed by atoms with van der Waals surface area (Å²) in [6.07, 6.45) is 3.77. The Morgan fingerprint density at radius 3 is 2.93 bits per heavy atom. The van der Waals surface area contributed by atoms with Crippen molar-refractivity contribution in [3.05, 3.63) is 18.2 Å². The maximum Gasteiger partial charge on any atom is 0.0952 e. The van der Waals surface area contributed by atoms with Crippen molar-refractivity contribution in [3.63, 3.8) is 0 Å². The smallest absolute Gasteiger partial charge is 0.0952 e. The molecule has 0 unspecified atom stereocenters. The second-order valence-electron chi connectivity index (χ2n) is 4.02. The van der Waals surface area contributed by atoms with Crippen molar-refractivity contribution in [1.82, 2.24) is 14.5 Å². The first-order valence-corrected chi connectivity index (χ1v) is 5.22. The van der Waals surface area contributed by atoms with Gasteiger partial charge in [-0.05, 0) is 13.5 Å². The second-order valence-corrected chi connectivity index (χ2v) is 4.02. The van der Waals surface area contributed by atoms with Crippen LogP contribution in [0.1, 0.15) is 31.6 Å². The summed E-state index contributed by atoms with van der Waals surface area (Å²) < 4.78 is 2.22. The predicted molar refractivity (Wildman–Crippen MR) is 56.0 cm³/mol. The van der Waals surface area contributed by atoms with Gasteiger partial charge in [0, 0.05) is 25.3 Å². The van der Waals surface area contributed by atoms with Gasteiger partial charge in [0.2, 0.25) is 0 Å². The lowest BCUT2D eigenvalue weighted by atomic mass is 10.1. The predicted octanol–water partition coefficient (Wildman–Crippen LogP) is 0.779. The van der Waals surface area contributed by atoms with Crippen LogP contribution in [-0.2, 0) is 0 Å². The lowest BCUT2D eigenvalue weighted by molar-refractivity contribution is 0.111. The molecule has 78 valence electrons. The zero-order chi connectivity index (χ0) is 10.1. The Labute approximate surface area is 84.7 Å². The quantitative estimate of drug-likeness (QED) is 0.773. The molecule has 2 N–H and O–H groups in total. The van der Waals surface area contributed by atoms with Gasteiger partial charge in [0.05, 0.1) is 18.1 Å². The topological polar surface area (TPSA) is 47.1 Å². The first-order valence-electron chi connectivity index (χ1n) is 5.22. The molecule has 2 heterocycles. The molecule has 1 atom stereocenters. The van der Waals surface area contributed by atoms with E-state index < -0.39 is 0 Å². The van der Waals surface area contributed by atoms with Crippen LogP contribution < -0.4 is 5.73 Å². The summed E-state index contributed by atoms with van der Waals surface area (Å²) in [7, 11) is 0. The molecular weight excluding hydrogens is 176 g/mol. The monoisotopic (exact) mass is 194 g/mol. The Balaban J connectivity index is 2.07. The SMILES string of the molecule is CCN1CC(n2cncc2[C@H](C)N)C1. The van der Waals surface area contributed by atoms with Gasteiger partial charge in [-0.2, -0.15) is 0 Å². The van der Waals surface area contributed by atoms with Crippen molar-refractivity contribution in [2.45, 2.75) is 25.9 Å². The highest BCUT2D eigenvalue weighted by atomic mass is 15.3. The third-order valence-electron chi connectivity index (χ3n) is 2.94. The first-order chi connectivity index (χ1) is 6.72. The van der Waals surface area contributed by atoms with Crippen molar-refractivity contribution in [3.8, 4) is 0 Å². The van der Waals surface area contributed by atoms with Gasteiger partial charge in [0.15, 0.2) is 0 Å². The van der Waals surface area contributed by atoms with Gasteiger partial charge in [0.25, 0.3) is 0 Å². The molecule has 1 aliphatic rings. The molecule has 4 heteroatoms. The molecule has 1 fully saturated rings. The van der Waals surface area contributed by atoms with Crippen molar-refractivity contribution in [1.29, 1.82) is 0 Å². The fraction of sp³-hybridized carbons (Fsp3) is 0.700. The average Bonchev–Trinajstić information content (AvgIpc) is 2.50. The molecule has 0 saturated carbocycles. The molecule has 1 aromatic rings. The van der Waals surface area contributed by atoms with Crippen molar-refractivity contribution in [2.24, 2.45) is 5.73 Å². The molecule has 0 aromatic carbocycles. The lowest BCUT2D eigenvalue weighted by Crippen LogP contribution is -2.47. The highest BCUT2D eigenvalue weighted by Gasteiger charge is 2.28. The van der Waals surface area contributed by atoms with Gasteiger partial charge >= 0.3 is 0 Å². The first kappa shape index (κ1) is 9.68. The van der Waals surface area contributed by atoms with Crippen LogP contribution in [0.15, 0.2) is 12.5 Å². The summed E-state index contributed by atoms with van der Waals surface area (Å²) in [5, 5.41) is 0. The van der Waals surface area contributed by atoms with E-state index in [9.17, 15) is 0 Å². The largest absolute Gasteiger partial charge is 0.327 e. The minimum absolute atomic E-state index is 0.0770. The Morgan fingerprint density at radius 2 is 2.36 bits per heavy atom. The molecular formula is C10H18N4. The van der Waals surface area contributed by atoms with Crippen molar-refractivity contribution >= 4 is 0 Å². The number of nitrogens with two attached hydrogens (primary N) is 1. The Kier molecular flexibility index (Phi) is 2.56. The molecule has 0 amide bonds. The van der Waals surface area contributed by atoms with E-state index in [4.69, 9.17) is 5.73 Å². The summed E-state index contributed by atoms with van der Waals surface area (Å²) in [5.74, 6) is 0. The van der Waals surface area contributed by atoms with Crippen LogP contribution in [0.3, 0.4) is 0 Å². The number of aromatic nitrogens is 2. The molecule has 0 radical (unpaired) electrons. The minimum Gasteiger partial charge on any atom is -0.327 e. The number of imidazole rings is 1. The van der Waals surface area contributed by atoms with E-state index in [0.29, 0.717) is 6.04 Å². The molecule has 2 rings (SSSR count). The van der Waals surface area contributed by atoms with E-state index in [1.54, 1.807) is 0 Å². The summed E-state index contributed by atoms with van der Waals surface area (Å²) in [5.41, 5.74) is 7.01. The van der Waals surface area contributed by atoms with Gasteiger partial charge in [-0.25, -0.2) is 4.98 Å². The average molecular weight is 194 g/mol. The number of rotatable bonds is 3. The highest BCUT2D eigenvalue weighted by molar-refractivity contribution is 5.07. The maximum atomic E-state index is 5.87. The molecule has 1 aromatic heterocycles. The van der Waals surface area contributed by atoms with Crippen LogP contribution >= 0.6 is 0 Å². The zero-order valence-corrected chi connectivity index (χ0v) is 8.85. The molecule has 0 spiro atoms. The molecule has 4 nitrogen and oxygen atoms in total. The summed E-state index contributed by atoms with van der Waals surface area (Å²) >= 11 is 0. The Bertz CT molecular complexity index is 299. The standard InChI is InChI=1S/C10H18N4/c1-3-13-5-9(6-13)14-7-12-4-10(14)8(2)11/h4,7-9H,3,5-6,11H2,1-2H3/t8-/m0/s1. The molecule has 14 heavy (non-hydrogen) atoms. The van der Waals surface area contributed by atoms with Crippen LogP contribution in [0.25, 0.3) is 0 Å². The summed E-state index contributed by atoms with van der Waals surface area (Å²) in [4.78, 5) is 6.57. The fourth-order valence-electron chi connectivity index (χ4n) is 1.95. The van der Waals surface area contributed by atoms with Gasteiger partial charge in [-0.1, -0.05) is 6.92 Å². The highest BCUT2D eigenvalue weighted by Crippen LogP contribution is 2.23. The number of likely N-dealkylation sites (N-methyl/N-ethyl adjacent to an activating group) is 1.